The summed E-state index contributed by atoms with van der Waals surface area (Å²) in [5, 5.41) is 8.11. The second-order valence-electron chi connectivity index (χ2n) is 7.27. The van der Waals surface area contributed by atoms with E-state index < -0.39 is 0 Å². The molecule has 1 aromatic carbocycles. The predicted molar refractivity (Wildman–Crippen MR) is 107 cm³/mol. The van der Waals surface area contributed by atoms with Gasteiger partial charge in [0, 0.05) is 30.2 Å². The summed E-state index contributed by atoms with van der Waals surface area (Å²) in [5.41, 5.74) is 2.16. The Bertz CT molecular complexity index is 858. The van der Waals surface area contributed by atoms with Crippen molar-refractivity contribution in [2.45, 2.75) is 19.4 Å². The van der Waals surface area contributed by atoms with Gasteiger partial charge in [0.05, 0.1) is 18.8 Å². The molecule has 148 valence electrons. The number of halogens is 1. The molecular formula is C20H24ClN5O2. The van der Waals surface area contributed by atoms with Crippen molar-refractivity contribution in [2.24, 2.45) is 0 Å². The normalized spacial score (nSPS) is 17.0. The minimum Gasteiger partial charge on any atom is -0.353 e. The van der Waals surface area contributed by atoms with Crippen LogP contribution in [0.4, 0.5) is 0 Å². The highest BCUT2D eigenvalue weighted by atomic mass is 35.5. The average molecular weight is 402 g/mol. The zero-order valence-corrected chi connectivity index (χ0v) is 16.5. The van der Waals surface area contributed by atoms with E-state index in [1.165, 1.54) is 12.8 Å². The highest BCUT2D eigenvalue weighted by Gasteiger charge is 2.28. The summed E-state index contributed by atoms with van der Waals surface area (Å²) in [4.78, 5) is 29.0. The smallest absolute Gasteiger partial charge is 0.272 e. The molecule has 3 heterocycles. The van der Waals surface area contributed by atoms with E-state index in [1.807, 2.05) is 12.1 Å². The van der Waals surface area contributed by atoms with Gasteiger partial charge in [0.15, 0.2) is 0 Å². The van der Waals surface area contributed by atoms with Crippen LogP contribution in [0.15, 0.2) is 30.3 Å². The summed E-state index contributed by atoms with van der Waals surface area (Å²) in [6.07, 6.45) is 2.48. The number of aromatic nitrogens is 2. The van der Waals surface area contributed by atoms with Crippen LogP contribution in [-0.2, 0) is 11.3 Å². The molecule has 8 heteroatoms. The van der Waals surface area contributed by atoms with E-state index in [0.717, 1.165) is 30.9 Å². The molecule has 1 N–H and O–H groups in total. The predicted octanol–water partition coefficient (Wildman–Crippen LogP) is 1.87. The van der Waals surface area contributed by atoms with Gasteiger partial charge in [0.2, 0.25) is 5.91 Å². The lowest BCUT2D eigenvalue weighted by atomic mass is 10.1. The molecule has 1 aromatic heterocycles. The average Bonchev–Trinajstić information content (AvgIpc) is 3.35. The topological polar surface area (TPSA) is 70.5 Å². The van der Waals surface area contributed by atoms with E-state index in [0.29, 0.717) is 30.4 Å². The molecule has 1 fully saturated rings. The van der Waals surface area contributed by atoms with E-state index in [1.54, 1.807) is 27.8 Å². The monoisotopic (exact) mass is 401 g/mol. The summed E-state index contributed by atoms with van der Waals surface area (Å²) in [5.74, 6) is -0.271. The number of carbonyl (C=O) groups excluding carboxylic acids is 2. The third kappa shape index (κ3) is 4.20. The SMILES string of the molecule is O=C(CN1CCn2nc(-c3ccc(Cl)cc3)cc2C1=O)NCCN1CCCC1. The second kappa shape index (κ2) is 8.32. The lowest BCUT2D eigenvalue weighted by Crippen LogP contribution is -2.46. The molecule has 0 atom stereocenters. The molecule has 2 aliphatic rings. The Balaban J connectivity index is 1.35. The molecule has 0 radical (unpaired) electrons. The van der Waals surface area contributed by atoms with Gasteiger partial charge in [0.25, 0.3) is 5.91 Å². The first-order valence-corrected chi connectivity index (χ1v) is 10.1. The molecule has 4 rings (SSSR count). The zero-order chi connectivity index (χ0) is 19.5. The van der Waals surface area contributed by atoms with Crippen molar-refractivity contribution in [3.05, 3.63) is 41.0 Å². The molecule has 0 spiro atoms. The number of fused-ring (bicyclic) bond motifs is 1. The number of benzene rings is 1. The molecule has 0 saturated carbocycles. The Morgan fingerprint density at radius 2 is 1.86 bits per heavy atom. The van der Waals surface area contributed by atoms with Crippen LogP contribution in [0.5, 0.6) is 0 Å². The molecule has 0 bridgehead atoms. The minimum atomic E-state index is -0.159. The maximum absolute atomic E-state index is 12.8. The number of likely N-dealkylation sites (tertiary alicyclic amines) is 1. The van der Waals surface area contributed by atoms with Gasteiger partial charge in [-0.25, -0.2) is 0 Å². The third-order valence-corrected chi connectivity index (χ3v) is 5.54. The number of amides is 2. The van der Waals surface area contributed by atoms with Crippen molar-refractivity contribution in [1.82, 2.24) is 24.9 Å². The second-order valence-corrected chi connectivity index (χ2v) is 7.71. The maximum Gasteiger partial charge on any atom is 0.272 e. The number of rotatable bonds is 6. The summed E-state index contributed by atoms with van der Waals surface area (Å²) in [6.45, 7) is 4.86. The molecule has 0 aliphatic carbocycles. The molecular weight excluding hydrogens is 378 g/mol. The summed E-state index contributed by atoms with van der Waals surface area (Å²) in [7, 11) is 0. The Kier molecular flexibility index (Phi) is 5.64. The molecule has 2 amide bonds. The van der Waals surface area contributed by atoms with Crippen LogP contribution in [0.3, 0.4) is 0 Å². The lowest BCUT2D eigenvalue weighted by molar-refractivity contribution is -0.121. The van der Waals surface area contributed by atoms with Crippen LogP contribution < -0.4 is 5.32 Å². The molecule has 2 aromatic rings. The van der Waals surface area contributed by atoms with Gasteiger partial charge >= 0.3 is 0 Å². The third-order valence-electron chi connectivity index (χ3n) is 5.29. The number of carbonyl (C=O) groups is 2. The Morgan fingerprint density at radius 1 is 1.11 bits per heavy atom. The van der Waals surface area contributed by atoms with E-state index in [-0.39, 0.29) is 18.4 Å². The summed E-state index contributed by atoms with van der Waals surface area (Å²) in [6, 6.07) is 9.15. The number of nitrogens with one attached hydrogen (secondary N) is 1. The van der Waals surface area contributed by atoms with E-state index in [2.05, 4.69) is 15.3 Å². The first kappa shape index (κ1) is 19.0. The van der Waals surface area contributed by atoms with Crippen LogP contribution in [0.25, 0.3) is 11.3 Å². The fraction of sp³-hybridized carbons (Fsp3) is 0.450. The van der Waals surface area contributed by atoms with E-state index in [4.69, 9.17) is 11.6 Å². The van der Waals surface area contributed by atoms with Gasteiger partial charge in [-0.3, -0.25) is 14.3 Å². The van der Waals surface area contributed by atoms with Gasteiger partial charge in [-0.2, -0.15) is 5.10 Å². The van der Waals surface area contributed by atoms with Gasteiger partial charge in [-0.1, -0.05) is 23.7 Å². The largest absolute Gasteiger partial charge is 0.353 e. The van der Waals surface area contributed by atoms with Crippen LogP contribution in [0.2, 0.25) is 5.02 Å². The first-order valence-electron chi connectivity index (χ1n) is 9.72. The van der Waals surface area contributed by atoms with Crippen molar-refractivity contribution < 1.29 is 9.59 Å². The maximum atomic E-state index is 12.8. The molecule has 1 saturated heterocycles. The van der Waals surface area contributed by atoms with Crippen molar-refractivity contribution in [3.63, 3.8) is 0 Å². The number of nitrogens with zero attached hydrogens (tertiary/aromatic N) is 4. The fourth-order valence-corrected chi connectivity index (χ4v) is 3.87. The summed E-state index contributed by atoms with van der Waals surface area (Å²) < 4.78 is 1.72. The van der Waals surface area contributed by atoms with Crippen molar-refractivity contribution in [3.8, 4) is 11.3 Å². The van der Waals surface area contributed by atoms with Crippen LogP contribution >= 0.6 is 11.6 Å². The standard InChI is InChI=1S/C20H24ClN5O2/c21-16-5-3-15(4-6-16)17-13-18-20(28)25(11-12-26(18)23-17)14-19(27)22-7-10-24-8-1-2-9-24/h3-6,13H,1-2,7-12,14H2,(H,22,27). The highest BCUT2D eigenvalue weighted by molar-refractivity contribution is 6.30. The Labute approximate surface area is 169 Å². The van der Waals surface area contributed by atoms with E-state index >= 15 is 0 Å². The van der Waals surface area contributed by atoms with Crippen LogP contribution in [0.1, 0.15) is 23.3 Å². The molecule has 0 unspecified atom stereocenters. The molecule has 28 heavy (non-hydrogen) atoms. The summed E-state index contributed by atoms with van der Waals surface area (Å²) >= 11 is 5.94. The quantitative estimate of drug-likeness (QED) is 0.802. The van der Waals surface area contributed by atoms with Gasteiger partial charge in [0.1, 0.15) is 5.69 Å². The zero-order valence-electron chi connectivity index (χ0n) is 15.7. The number of hydrogen-bond donors (Lipinski definition) is 1. The van der Waals surface area contributed by atoms with Crippen molar-refractivity contribution >= 4 is 23.4 Å². The van der Waals surface area contributed by atoms with Crippen molar-refractivity contribution in [1.29, 1.82) is 0 Å². The van der Waals surface area contributed by atoms with Gasteiger partial charge in [-0.15, -0.1) is 0 Å². The highest BCUT2D eigenvalue weighted by Crippen LogP contribution is 2.23. The van der Waals surface area contributed by atoms with Crippen LogP contribution in [-0.4, -0.2) is 70.7 Å². The van der Waals surface area contributed by atoms with E-state index in [9.17, 15) is 9.59 Å². The van der Waals surface area contributed by atoms with Gasteiger partial charge < -0.3 is 15.1 Å². The molecule has 2 aliphatic heterocycles. The minimum absolute atomic E-state index is 0.0836. The number of hydrogen-bond acceptors (Lipinski definition) is 4. The van der Waals surface area contributed by atoms with Gasteiger partial charge in [-0.05, 0) is 44.1 Å². The van der Waals surface area contributed by atoms with Crippen molar-refractivity contribution in [2.75, 3.05) is 39.3 Å². The Morgan fingerprint density at radius 3 is 2.61 bits per heavy atom. The first-order chi connectivity index (χ1) is 13.6. The Hall–Kier alpha value is -2.38. The van der Waals surface area contributed by atoms with Crippen LogP contribution in [0, 0.1) is 0 Å². The molecule has 7 nitrogen and oxygen atoms in total. The lowest BCUT2D eigenvalue weighted by Gasteiger charge is -2.27. The fourth-order valence-electron chi connectivity index (χ4n) is 3.74.